The lowest BCUT2D eigenvalue weighted by atomic mass is 9.85. The molecule has 0 aliphatic heterocycles. The van der Waals surface area contributed by atoms with Gasteiger partial charge in [-0.15, -0.1) is 0 Å². The number of Topliss-reactive ketones (excluding diaryl/α,β-unsaturated/α-hetero) is 2. The van der Waals surface area contributed by atoms with Crippen LogP contribution in [-0.4, -0.2) is 27.4 Å². The number of ketones is 2. The molecule has 0 saturated heterocycles. The van der Waals surface area contributed by atoms with Crippen molar-refractivity contribution in [2.75, 3.05) is 0 Å². The van der Waals surface area contributed by atoms with Crippen LogP contribution in [0.25, 0.3) is 0 Å². The zero-order chi connectivity index (χ0) is 17.9. The average molecular weight is 326 g/mol. The lowest BCUT2D eigenvalue weighted by Crippen LogP contribution is -2.38. The van der Waals surface area contributed by atoms with Crippen LogP contribution >= 0.6 is 0 Å². The lowest BCUT2D eigenvalue weighted by molar-refractivity contribution is 0.0407. The van der Waals surface area contributed by atoms with Crippen LogP contribution in [0.15, 0.2) is 48.5 Å². The Kier molecular flexibility index (Phi) is 5.20. The molecule has 0 saturated carbocycles. The molecule has 0 radical (unpaired) electrons. The summed E-state index contributed by atoms with van der Waals surface area (Å²) >= 11 is 0. The number of aromatic hydroxyl groups is 1. The molecule has 0 aliphatic rings. The van der Waals surface area contributed by atoms with Crippen molar-refractivity contribution in [2.45, 2.75) is 32.8 Å². The smallest absolute Gasteiger partial charge is 0.194 e. The van der Waals surface area contributed by atoms with E-state index in [9.17, 15) is 19.8 Å². The fraction of sp³-hybridized carbons (Fsp3) is 0.300. The summed E-state index contributed by atoms with van der Waals surface area (Å²) in [4.78, 5) is 24.9. The molecule has 1 atom stereocenters. The molecule has 2 aromatic rings. The van der Waals surface area contributed by atoms with Gasteiger partial charge < -0.3 is 10.2 Å². The van der Waals surface area contributed by atoms with Crippen molar-refractivity contribution in [1.82, 2.24) is 0 Å². The maximum absolute atomic E-state index is 12.6. The zero-order valence-electron chi connectivity index (χ0n) is 14.1. The molecule has 4 nitrogen and oxygen atoms in total. The van der Waals surface area contributed by atoms with Crippen molar-refractivity contribution >= 4 is 11.6 Å². The van der Waals surface area contributed by atoms with Crippen molar-refractivity contribution in [2.24, 2.45) is 5.92 Å². The van der Waals surface area contributed by atoms with E-state index in [1.807, 2.05) is 0 Å². The van der Waals surface area contributed by atoms with E-state index in [2.05, 4.69) is 0 Å². The number of aliphatic hydroxyl groups is 1. The summed E-state index contributed by atoms with van der Waals surface area (Å²) in [5.41, 5.74) is -0.352. The second-order valence-corrected chi connectivity index (χ2v) is 6.51. The summed E-state index contributed by atoms with van der Waals surface area (Å²) in [7, 11) is 0. The second-order valence-electron chi connectivity index (χ2n) is 6.51. The van der Waals surface area contributed by atoms with Crippen LogP contribution in [0.2, 0.25) is 0 Å². The molecule has 0 bridgehead atoms. The van der Waals surface area contributed by atoms with Gasteiger partial charge in [0.2, 0.25) is 0 Å². The zero-order valence-corrected chi connectivity index (χ0v) is 14.1. The van der Waals surface area contributed by atoms with Crippen molar-refractivity contribution in [1.29, 1.82) is 0 Å². The minimum atomic E-state index is -1.65. The average Bonchev–Trinajstić information content (AvgIpc) is 2.55. The highest BCUT2D eigenvalue weighted by molar-refractivity contribution is 6.03. The topological polar surface area (TPSA) is 74.6 Å². The SMILES string of the molecule is CC(C)C(=O)c1cc(O)ccc1CC(C)(O)C(=O)c1ccccc1. The first-order chi connectivity index (χ1) is 11.2. The number of hydrogen-bond donors (Lipinski definition) is 2. The predicted molar refractivity (Wildman–Crippen MR) is 92.4 cm³/mol. The van der Waals surface area contributed by atoms with Gasteiger partial charge in [-0.05, 0) is 24.6 Å². The van der Waals surface area contributed by atoms with Gasteiger partial charge in [-0.3, -0.25) is 9.59 Å². The maximum atomic E-state index is 12.6. The molecule has 2 aromatic carbocycles. The van der Waals surface area contributed by atoms with Crippen LogP contribution in [0, 0.1) is 5.92 Å². The maximum Gasteiger partial charge on any atom is 0.194 e. The Labute approximate surface area is 141 Å². The molecule has 0 fully saturated rings. The minimum Gasteiger partial charge on any atom is -0.508 e. The second kappa shape index (κ2) is 6.97. The molecular weight excluding hydrogens is 304 g/mol. The fourth-order valence-electron chi connectivity index (χ4n) is 2.61. The summed E-state index contributed by atoms with van der Waals surface area (Å²) in [6.07, 6.45) is -0.00516. The van der Waals surface area contributed by atoms with E-state index >= 15 is 0 Å². The Balaban J connectivity index is 2.36. The first-order valence-electron chi connectivity index (χ1n) is 7.90. The molecule has 2 N–H and O–H groups in total. The van der Waals surface area contributed by atoms with Crippen molar-refractivity contribution in [3.05, 3.63) is 65.2 Å². The minimum absolute atomic E-state index is 0.00516. The van der Waals surface area contributed by atoms with Gasteiger partial charge in [0.15, 0.2) is 11.6 Å². The quantitative estimate of drug-likeness (QED) is 0.798. The number of carbonyl (C=O) groups excluding carboxylic acids is 2. The molecule has 4 heteroatoms. The summed E-state index contributed by atoms with van der Waals surface area (Å²) in [6.45, 7) is 4.98. The van der Waals surface area contributed by atoms with Gasteiger partial charge in [-0.25, -0.2) is 0 Å². The number of hydrogen-bond acceptors (Lipinski definition) is 4. The first kappa shape index (κ1) is 17.9. The fourth-order valence-corrected chi connectivity index (χ4v) is 2.61. The lowest BCUT2D eigenvalue weighted by Gasteiger charge is -2.23. The normalized spacial score (nSPS) is 13.5. The summed E-state index contributed by atoms with van der Waals surface area (Å²) < 4.78 is 0. The largest absolute Gasteiger partial charge is 0.508 e. The van der Waals surface area contributed by atoms with Gasteiger partial charge >= 0.3 is 0 Å². The molecular formula is C20H22O4. The number of benzene rings is 2. The van der Waals surface area contributed by atoms with Crippen molar-refractivity contribution < 1.29 is 19.8 Å². The van der Waals surface area contributed by atoms with E-state index in [1.54, 1.807) is 50.2 Å². The van der Waals surface area contributed by atoms with Crippen LogP contribution in [0.1, 0.15) is 47.1 Å². The van der Waals surface area contributed by atoms with Crippen LogP contribution in [0.5, 0.6) is 5.75 Å². The van der Waals surface area contributed by atoms with Crippen LogP contribution in [0.4, 0.5) is 0 Å². The molecule has 2 rings (SSSR count). The van der Waals surface area contributed by atoms with Crippen LogP contribution < -0.4 is 0 Å². The number of phenols is 1. The Morgan fingerprint density at radius 1 is 1.08 bits per heavy atom. The molecule has 0 aliphatic carbocycles. The number of carbonyl (C=O) groups is 2. The molecule has 0 spiro atoms. The third kappa shape index (κ3) is 3.89. The van der Waals surface area contributed by atoms with Gasteiger partial charge in [-0.2, -0.15) is 0 Å². The van der Waals surface area contributed by atoms with E-state index in [4.69, 9.17) is 0 Å². The van der Waals surface area contributed by atoms with Gasteiger partial charge in [0, 0.05) is 23.5 Å². The van der Waals surface area contributed by atoms with E-state index in [1.165, 1.54) is 19.1 Å². The molecule has 0 aromatic heterocycles. The number of rotatable bonds is 6. The third-order valence-electron chi connectivity index (χ3n) is 3.94. The third-order valence-corrected chi connectivity index (χ3v) is 3.94. The summed E-state index contributed by atoms with van der Waals surface area (Å²) in [5, 5.41) is 20.4. The van der Waals surface area contributed by atoms with E-state index in [0.717, 1.165) is 0 Å². The Bertz CT molecular complexity index is 745. The van der Waals surface area contributed by atoms with Crippen molar-refractivity contribution in [3.8, 4) is 5.75 Å². The van der Waals surface area contributed by atoms with E-state index in [-0.39, 0.29) is 23.9 Å². The van der Waals surface area contributed by atoms with Gasteiger partial charge in [0.1, 0.15) is 11.4 Å². The Morgan fingerprint density at radius 2 is 1.71 bits per heavy atom. The number of phenolic OH excluding ortho intramolecular Hbond substituents is 1. The van der Waals surface area contributed by atoms with Crippen LogP contribution in [0.3, 0.4) is 0 Å². The van der Waals surface area contributed by atoms with Gasteiger partial charge in [0.25, 0.3) is 0 Å². The summed E-state index contributed by atoms with van der Waals surface area (Å²) in [5.74, 6) is -0.805. The Morgan fingerprint density at radius 3 is 2.29 bits per heavy atom. The van der Waals surface area contributed by atoms with Gasteiger partial charge in [-0.1, -0.05) is 50.2 Å². The van der Waals surface area contributed by atoms with Crippen molar-refractivity contribution in [3.63, 3.8) is 0 Å². The molecule has 24 heavy (non-hydrogen) atoms. The highest BCUT2D eigenvalue weighted by Crippen LogP contribution is 2.25. The van der Waals surface area contributed by atoms with E-state index in [0.29, 0.717) is 16.7 Å². The summed E-state index contributed by atoms with van der Waals surface area (Å²) in [6, 6.07) is 13.0. The first-order valence-corrected chi connectivity index (χ1v) is 7.90. The predicted octanol–water partition coefficient (Wildman–Crippen LogP) is 3.41. The standard InChI is InChI=1S/C20H22O4/c1-13(2)18(22)17-11-16(21)10-9-15(17)12-20(3,24)19(23)14-7-5-4-6-8-14/h4-11,13,21,24H,12H2,1-3H3. The van der Waals surface area contributed by atoms with Crippen LogP contribution in [-0.2, 0) is 6.42 Å². The van der Waals surface area contributed by atoms with E-state index < -0.39 is 11.4 Å². The molecule has 1 unspecified atom stereocenters. The monoisotopic (exact) mass is 326 g/mol. The van der Waals surface area contributed by atoms with Gasteiger partial charge in [0.05, 0.1) is 0 Å². The Hall–Kier alpha value is -2.46. The molecule has 0 heterocycles. The molecule has 126 valence electrons. The molecule has 0 amide bonds. The highest BCUT2D eigenvalue weighted by atomic mass is 16.3. The highest BCUT2D eigenvalue weighted by Gasteiger charge is 2.33.